The molecule has 0 aliphatic heterocycles. The van der Waals surface area contributed by atoms with E-state index in [9.17, 15) is 4.79 Å². The van der Waals surface area contributed by atoms with Crippen molar-refractivity contribution in [1.82, 2.24) is 9.59 Å². The van der Waals surface area contributed by atoms with Crippen LogP contribution in [-0.4, -0.2) is 15.5 Å². The third-order valence-corrected chi connectivity index (χ3v) is 3.93. The maximum Gasteiger partial charge on any atom is 0.269 e. The standard InChI is InChI=1S/C17H15N3O2S/c1-2-15-16(23-20-19-15)17(21)18-12-7-6-10-14(11-12)22-13-8-4-3-5-9-13/h3-11H,2H2,1H3,(H,18,21). The first-order chi connectivity index (χ1) is 11.3. The zero-order chi connectivity index (χ0) is 16.1. The number of para-hydroxylation sites is 1. The Bertz CT molecular complexity index is 802. The van der Waals surface area contributed by atoms with Crippen molar-refractivity contribution < 1.29 is 9.53 Å². The Kier molecular flexibility index (Phi) is 4.63. The molecule has 0 radical (unpaired) electrons. The fraction of sp³-hybridized carbons (Fsp3) is 0.118. The van der Waals surface area contributed by atoms with Crippen LogP contribution in [0.1, 0.15) is 22.3 Å². The molecule has 3 aromatic rings. The number of carbonyl (C=O) groups excluding carboxylic acids is 1. The molecule has 1 aromatic heterocycles. The van der Waals surface area contributed by atoms with Crippen molar-refractivity contribution in [3.63, 3.8) is 0 Å². The van der Waals surface area contributed by atoms with Crippen LogP contribution in [0.15, 0.2) is 54.6 Å². The van der Waals surface area contributed by atoms with Crippen LogP contribution >= 0.6 is 11.5 Å². The Morgan fingerprint density at radius 1 is 1.13 bits per heavy atom. The molecule has 1 heterocycles. The highest BCUT2D eigenvalue weighted by atomic mass is 32.1. The van der Waals surface area contributed by atoms with Crippen molar-refractivity contribution in [3.05, 3.63) is 65.2 Å². The van der Waals surface area contributed by atoms with Crippen LogP contribution in [0.3, 0.4) is 0 Å². The van der Waals surface area contributed by atoms with Crippen LogP contribution in [0.5, 0.6) is 11.5 Å². The summed E-state index contributed by atoms with van der Waals surface area (Å²) < 4.78 is 9.60. The summed E-state index contributed by atoms with van der Waals surface area (Å²) in [5, 5.41) is 6.81. The highest BCUT2D eigenvalue weighted by Gasteiger charge is 2.15. The molecule has 2 aromatic carbocycles. The average molecular weight is 325 g/mol. The molecule has 0 aliphatic rings. The number of benzene rings is 2. The molecule has 0 saturated carbocycles. The number of rotatable bonds is 5. The molecule has 5 nitrogen and oxygen atoms in total. The van der Waals surface area contributed by atoms with Gasteiger partial charge in [0, 0.05) is 11.8 Å². The molecule has 6 heteroatoms. The minimum Gasteiger partial charge on any atom is -0.457 e. The number of hydrogen-bond donors (Lipinski definition) is 1. The lowest BCUT2D eigenvalue weighted by Crippen LogP contribution is -2.12. The second-order valence-corrected chi connectivity index (χ2v) is 5.55. The quantitative estimate of drug-likeness (QED) is 0.765. The van der Waals surface area contributed by atoms with E-state index >= 15 is 0 Å². The van der Waals surface area contributed by atoms with Gasteiger partial charge in [-0.25, -0.2) is 0 Å². The van der Waals surface area contributed by atoms with Crippen molar-refractivity contribution >= 4 is 23.1 Å². The Morgan fingerprint density at radius 3 is 2.70 bits per heavy atom. The van der Waals surface area contributed by atoms with Crippen molar-refractivity contribution in [2.45, 2.75) is 13.3 Å². The largest absolute Gasteiger partial charge is 0.457 e. The summed E-state index contributed by atoms with van der Waals surface area (Å²) >= 11 is 1.10. The van der Waals surface area contributed by atoms with Gasteiger partial charge in [-0.3, -0.25) is 4.79 Å². The number of hydrogen-bond acceptors (Lipinski definition) is 5. The van der Waals surface area contributed by atoms with Crippen molar-refractivity contribution in [1.29, 1.82) is 0 Å². The van der Waals surface area contributed by atoms with Gasteiger partial charge in [0.2, 0.25) is 0 Å². The average Bonchev–Trinajstić information content (AvgIpc) is 3.05. The van der Waals surface area contributed by atoms with Gasteiger partial charge in [-0.05, 0) is 42.2 Å². The highest BCUT2D eigenvalue weighted by Crippen LogP contribution is 2.24. The number of carbonyl (C=O) groups is 1. The minimum atomic E-state index is -0.200. The summed E-state index contributed by atoms with van der Waals surface area (Å²) in [6.45, 7) is 1.95. The van der Waals surface area contributed by atoms with Crippen LogP contribution in [-0.2, 0) is 6.42 Å². The van der Waals surface area contributed by atoms with E-state index in [1.54, 1.807) is 6.07 Å². The van der Waals surface area contributed by atoms with Gasteiger partial charge in [-0.1, -0.05) is 35.7 Å². The van der Waals surface area contributed by atoms with Gasteiger partial charge in [0.05, 0.1) is 5.69 Å². The van der Waals surface area contributed by atoms with Crippen molar-refractivity contribution in [2.75, 3.05) is 5.32 Å². The minimum absolute atomic E-state index is 0.200. The summed E-state index contributed by atoms with van der Waals surface area (Å²) in [5.41, 5.74) is 1.38. The fourth-order valence-corrected chi connectivity index (χ4v) is 2.71. The van der Waals surface area contributed by atoms with Gasteiger partial charge in [-0.15, -0.1) is 5.10 Å². The Balaban J connectivity index is 1.74. The molecule has 1 N–H and O–H groups in total. The van der Waals surface area contributed by atoms with Gasteiger partial charge in [0.25, 0.3) is 5.91 Å². The third kappa shape index (κ3) is 3.73. The normalized spacial score (nSPS) is 10.3. The van der Waals surface area contributed by atoms with Crippen LogP contribution < -0.4 is 10.1 Å². The van der Waals surface area contributed by atoms with E-state index in [0.29, 0.717) is 28.4 Å². The lowest BCUT2D eigenvalue weighted by Gasteiger charge is -2.08. The van der Waals surface area contributed by atoms with E-state index in [2.05, 4.69) is 14.9 Å². The van der Waals surface area contributed by atoms with E-state index in [0.717, 1.165) is 17.3 Å². The zero-order valence-corrected chi connectivity index (χ0v) is 13.3. The summed E-state index contributed by atoms with van der Waals surface area (Å²) in [7, 11) is 0. The van der Waals surface area contributed by atoms with E-state index in [4.69, 9.17) is 4.74 Å². The smallest absolute Gasteiger partial charge is 0.269 e. The van der Waals surface area contributed by atoms with E-state index in [-0.39, 0.29) is 5.91 Å². The molecule has 0 aliphatic carbocycles. The third-order valence-electron chi connectivity index (χ3n) is 3.17. The molecule has 0 atom stereocenters. The topological polar surface area (TPSA) is 64.1 Å². The second-order valence-electron chi connectivity index (χ2n) is 4.80. The first-order valence-electron chi connectivity index (χ1n) is 7.22. The number of amides is 1. The Hall–Kier alpha value is -2.73. The maximum absolute atomic E-state index is 12.3. The predicted octanol–water partition coefficient (Wildman–Crippen LogP) is 4.15. The molecule has 116 valence electrons. The number of aromatic nitrogens is 2. The van der Waals surface area contributed by atoms with E-state index in [1.165, 1.54) is 0 Å². The molecule has 0 spiro atoms. The van der Waals surface area contributed by atoms with Crippen LogP contribution in [0.2, 0.25) is 0 Å². The molecule has 0 saturated heterocycles. The molecular formula is C17H15N3O2S. The molecular weight excluding hydrogens is 310 g/mol. The van der Waals surface area contributed by atoms with Crippen molar-refractivity contribution in [3.8, 4) is 11.5 Å². The van der Waals surface area contributed by atoms with E-state index < -0.39 is 0 Å². The molecule has 0 fully saturated rings. The van der Waals surface area contributed by atoms with Gasteiger partial charge < -0.3 is 10.1 Å². The molecule has 0 bridgehead atoms. The summed E-state index contributed by atoms with van der Waals surface area (Å²) in [6, 6.07) is 16.8. The summed E-state index contributed by atoms with van der Waals surface area (Å²) in [6.07, 6.45) is 0.677. The lowest BCUT2D eigenvalue weighted by atomic mass is 10.2. The number of anilines is 1. The Labute approximate surface area is 138 Å². The molecule has 1 amide bonds. The number of nitrogens with zero attached hydrogens (tertiary/aromatic N) is 2. The number of aryl methyl sites for hydroxylation is 1. The van der Waals surface area contributed by atoms with Gasteiger partial charge in [-0.2, -0.15) is 0 Å². The van der Waals surface area contributed by atoms with Crippen LogP contribution in [0, 0.1) is 0 Å². The molecule has 0 unspecified atom stereocenters. The number of nitrogens with one attached hydrogen (secondary N) is 1. The van der Waals surface area contributed by atoms with E-state index in [1.807, 2.05) is 55.5 Å². The predicted molar refractivity (Wildman–Crippen MR) is 90.2 cm³/mol. The van der Waals surface area contributed by atoms with Crippen LogP contribution in [0.25, 0.3) is 0 Å². The second kappa shape index (κ2) is 7.02. The van der Waals surface area contributed by atoms with Gasteiger partial charge >= 0.3 is 0 Å². The SMILES string of the molecule is CCc1nnsc1C(=O)Nc1cccc(Oc2ccccc2)c1. The molecule has 3 rings (SSSR count). The number of ether oxygens (including phenoxy) is 1. The summed E-state index contributed by atoms with van der Waals surface area (Å²) in [5.74, 6) is 1.21. The first kappa shape index (κ1) is 15.2. The van der Waals surface area contributed by atoms with Crippen molar-refractivity contribution in [2.24, 2.45) is 0 Å². The van der Waals surface area contributed by atoms with Crippen LogP contribution in [0.4, 0.5) is 5.69 Å². The highest BCUT2D eigenvalue weighted by molar-refractivity contribution is 7.08. The zero-order valence-electron chi connectivity index (χ0n) is 12.5. The maximum atomic E-state index is 12.3. The Morgan fingerprint density at radius 2 is 1.91 bits per heavy atom. The molecule has 23 heavy (non-hydrogen) atoms. The first-order valence-corrected chi connectivity index (χ1v) is 7.99. The van der Waals surface area contributed by atoms with Gasteiger partial charge in [0.15, 0.2) is 0 Å². The lowest BCUT2D eigenvalue weighted by molar-refractivity contribution is 0.102. The monoisotopic (exact) mass is 325 g/mol. The van der Waals surface area contributed by atoms with Gasteiger partial charge in [0.1, 0.15) is 16.4 Å². The fourth-order valence-electron chi connectivity index (χ4n) is 2.06. The summed E-state index contributed by atoms with van der Waals surface area (Å²) in [4.78, 5) is 12.8.